The van der Waals surface area contributed by atoms with Crippen LogP contribution < -0.4 is 5.73 Å². The fourth-order valence-corrected chi connectivity index (χ4v) is 1.13. The first-order chi connectivity index (χ1) is 5.20. The molecule has 0 fully saturated rings. The van der Waals surface area contributed by atoms with Gasteiger partial charge in [-0.2, -0.15) is 0 Å². The van der Waals surface area contributed by atoms with E-state index in [1.54, 1.807) is 0 Å². The first-order valence-corrected chi connectivity index (χ1v) is 3.72. The van der Waals surface area contributed by atoms with Gasteiger partial charge < -0.3 is 10.8 Å². The Morgan fingerprint density at radius 2 is 2.64 bits per heavy atom. The summed E-state index contributed by atoms with van der Waals surface area (Å²) in [6.45, 7) is 0. The Morgan fingerprint density at radius 1 is 1.91 bits per heavy atom. The molecule has 11 heavy (non-hydrogen) atoms. The van der Waals surface area contributed by atoms with E-state index in [1.165, 1.54) is 6.20 Å². The van der Waals surface area contributed by atoms with E-state index >= 15 is 0 Å². The van der Waals surface area contributed by atoms with Gasteiger partial charge in [-0.3, -0.25) is 4.79 Å². The molecule has 0 saturated heterocycles. The molecule has 5 nitrogen and oxygen atoms in total. The zero-order valence-corrected chi connectivity index (χ0v) is 6.41. The van der Waals surface area contributed by atoms with E-state index in [2.05, 4.69) is 9.59 Å². The van der Waals surface area contributed by atoms with Gasteiger partial charge in [0.05, 0.1) is 6.20 Å². The molecule has 60 valence electrons. The zero-order chi connectivity index (χ0) is 8.27. The molecule has 6 heteroatoms. The van der Waals surface area contributed by atoms with Crippen LogP contribution >= 0.6 is 11.5 Å². The third-order valence-corrected chi connectivity index (χ3v) is 1.83. The van der Waals surface area contributed by atoms with Crippen LogP contribution in [-0.2, 0) is 11.2 Å². The second-order valence-electron chi connectivity index (χ2n) is 2.03. The van der Waals surface area contributed by atoms with Crippen molar-refractivity contribution in [1.82, 2.24) is 9.59 Å². The Bertz CT molecular complexity index is 236. The van der Waals surface area contributed by atoms with Gasteiger partial charge in [0, 0.05) is 11.3 Å². The number of nitrogens with zero attached hydrogens (tertiary/aromatic N) is 2. The van der Waals surface area contributed by atoms with Gasteiger partial charge in [0.25, 0.3) is 0 Å². The highest BCUT2D eigenvalue weighted by Gasteiger charge is 2.12. The van der Waals surface area contributed by atoms with E-state index in [0.29, 0.717) is 6.42 Å². The highest BCUT2D eigenvalue weighted by atomic mass is 32.1. The van der Waals surface area contributed by atoms with Gasteiger partial charge in [0.2, 0.25) is 0 Å². The summed E-state index contributed by atoms with van der Waals surface area (Å²) in [5.41, 5.74) is 5.26. The lowest BCUT2D eigenvalue weighted by Gasteiger charge is -2.00. The third-order valence-electron chi connectivity index (χ3n) is 1.15. The number of nitrogens with two attached hydrogens (primary N) is 1. The maximum Gasteiger partial charge on any atom is 0.320 e. The van der Waals surface area contributed by atoms with Crippen molar-refractivity contribution in [3.63, 3.8) is 0 Å². The first-order valence-electron chi connectivity index (χ1n) is 2.95. The number of hydrogen-bond acceptors (Lipinski definition) is 5. The normalized spacial score (nSPS) is 12.8. The van der Waals surface area contributed by atoms with Gasteiger partial charge in [-0.1, -0.05) is 4.49 Å². The molecule has 0 radical (unpaired) electrons. The molecule has 0 aliphatic heterocycles. The topological polar surface area (TPSA) is 89.1 Å². The van der Waals surface area contributed by atoms with Gasteiger partial charge in [0.1, 0.15) is 6.04 Å². The predicted octanol–water partition coefficient (Wildman–Crippen LogP) is -0.508. The SMILES string of the molecule is NC(Cc1cnns1)C(=O)O. The number of carboxylic acid groups (broad SMARTS) is 1. The standard InChI is InChI=1S/C5H7N3O2S/c6-4(5(9)10)1-3-2-7-8-11-3/h2,4H,1,6H2,(H,9,10). The van der Waals surface area contributed by atoms with E-state index in [-0.39, 0.29) is 0 Å². The van der Waals surface area contributed by atoms with Crippen molar-refractivity contribution < 1.29 is 9.90 Å². The van der Waals surface area contributed by atoms with Gasteiger partial charge in [-0.25, -0.2) is 0 Å². The van der Waals surface area contributed by atoms with E-state index in [9.17, 15) is 4.79 Å². The van der Waals surface area contributed by atoms with Crippen LogP contribution in [0.2, 0.25) is 0 Å². The van der Waals surface area contributed by atoms with Gasteiger partial charge in [-0.05, 0) is 11.5 Å². The predicted molar refractivity (Wildman–Crippen MR) is 39.2 cm³/mol. The zero-order valence-electron chi connectivity index (χ0n) is 5.60. The van der Waals surface area contributed by atoms with E-state index in [4.69, 9.17) is 10.8 Å². The Labute approximate surface area is 67.0 Å². The fourth-order valence-electron chi connectivity index (χ4n) is 0.582. The molecule has 1 aromatic rings. The van der Waals surface area contributed by atoms with Crippen LogP contribution in [0.1, 0.15) is 4.88 Å². The number of hydrogen-bond donors (Lipinski definition) is 2. The third kappa shape index (κ3) is 2.24. The largest absolute Gasteiger partial charge is 0.480 e. The van der Waals surface area contributed by atoms with E-state index in [0.717, 1.165) is 16.4 Å². The van der Waals surface area contributed by atoms with Crippen molar-refractivity contribution in [2.24, 2.45) is 5.73 Å². The second-order valence-corrected chi connectivity index (χ2v) is 2.90. The molecule has 0 spiro atoms. The van der Waals surface area contributed by atoms with Crippen LogP contribution in [0.15, 0.2) is 6.20 Å². The van der Waals surface area contributed by atoms with Gasteiger partial charge in [0.15, 0.2) is 0 Å². The summed E-state index contributed by atoms with van der Waals surface area (Å²) in [6, 6.07) is -0.850. The summed E-state index contributed by atoms with van der Waals surface area (Å²) >= 11 is 1.16. The summed E-state index contributed by atoms with van der Waals surface area (Å²) in [5.74, 6) is -1.00. The number of aliphatic carboxylic acids is 1. The van der Waals surface area contributed by atoms with Crippen LogP contribution in [-0.4, -0.2) is 26.7 Å². The Balaban J connectivity index is 2.50. The quantitative estimate of drug-likeness (QED) is 0.642. The summed E-state index contributed by atoms with van der Waals surface area (Å²) in [7, 11) is 0. The van der Waals surface area contributed by atoms with Crippen LogP contribution in [0, 0.1) is 0 Å². The molecule has 3 N–H and O–H groups in total. The number of aromatic nitrogens is 2. The maximum absolute atomic E-state index is 10.3. The Hall–Kier alpha value is -1.01. The molecule has 1 heterocycles. The Kier molecular flexibility index (Phi) is 2.50. The van der Waals surface area contributed by atoms with Crippen molar-refractivity contribution in [1.29, 1.82) is 0 Å². The number of carbonyl (C=O) groups is 1. The second kappa shape index (κ2) is 3.40. The lowest BCUT2D eigenvalue weighted by Crippen LogP contribution is -2.31. The van der Waals surface area contributed by atoms with E-state index in [1.807, 2.05) is 0 Å². The average molecular weight is 173 g/mol. The molecule has 0 aliphatic carbocycles. The highest BCUT2D eigenvalue weighted by Crippen LogP contribution is 2.04. The van der Waals surface area contributed by atoms with Crippen LogP contribution in [0.3, 0.4) is 0 Å². The molecular weight excluding hydrogens is 166 g/mol. The van der Waals surface area contributed by atoms with Crippen molar-refractivity contribution in [3.8, 4) is 0 Å². The number of rotatable bonds is 3. The molecule has 1 atom stereocenters. The lowest BCUT2D eigenvalue weighted by molar-refractivity contribution is -0.138. The summed E-state index contributed by atoms with van der Waals surface area (Å²) < 4.78 is 3.58. The number of carboxylic acids is 1. The fraction of sp³-hybridized carbons (Fsp3) is 0.400. The summed E-state index contributed by atoms with van der Waals surface area (Å²) in [6.07, 6.45) is 1.82. The first kappa shape index (κ1) is 8.09. The molecular formula is C5H7N3O2S. The molecule has 0 aliphatic rings. The summed E-state index contributed by atoms with van der Waals surface area (Å²) in [4.78, 5) is 11.1. The van der Waals surface area contributed by atoms with Crippen molar-refractivity contribution in [2.75, 3.05) is 0 Å². The highest BCUT2D eigenvalue weighted by molar-refractivity contribution is 7.05. The van der Waals surface area contributed by atoms with Crippen molar-refractivity contribution in [3.05, 3.63) is 11.1 Å². The maximum atomic E-state index is 10.3. The molecule has 0 aromatic carbocycles. The molecule has 1 aromatic heterocycles. The Morgan fingerprint density at radius 3 is 3.09 bits per heavy atom. The minimum Gasteiger partial charge on any atom is -0.480 e. The van der Waals surface area contributed by atoms with Crippen LogP contribution in [0.25, 0.3) is 0 Å². The summed E-state index contributed by atoms with van der Waals surface area (Å²) in [5, 5.41) is 12.0. The van der Waals surface area contributed by atoms with Gasteiger partial charge >= 0.3 is 5.97 Å². The monoisotopic (exact) mass is 173 g/mol. The van der Waals surface area contributed by atoms with Crippen molar-refractivity contribution in [2.45, 2.75) is 12.5 Å². The lowest BCUT2D eigenvalue weighted by atomic mass is 10.2. The van der Waals surface area contributed by atoms with Crippen LogP contribution in [0.5, 0.6) is 0 Å². The van der Waals surface area contributed by atoms with Crippen LogP contribution in [0.4, 0.5) is 0 Å². The minimum absolute atomic E-state index is 0.299. The molecule has 1 rings (SSSR count). The molecule has 0 amide bonds. The van der Waals surface area contributed by atoms with E-state index < -0.39 is 12.0 Å². The molecule has 0 bridgehead atoms. The minimum atomic E-state index is -1.00. The van der Waals surface area contributed by atoms with Gasteiger partial charge in [-0.15, -0.1) is 5.10 Å². The molecule has 1 unspecified atom stereocenters. The van der Waals surface area contributed by atoms with Crippen molar-refractivity contribution >= 4 is 17.5 Å². The molecule has 0 saturated carbocycles. The smallest absolute Gasteiger partial charge is 0.320 e. The average Bonchev–Trinajstić information content (AvgIpc) is 2.39.